The molecule has 2 nitrogen and oxygen atoms in total. The molecule has 206 valence electrons. The van der Waals surface area contributed by atoms with E-state index in [-0.39, 0.29) is 6.71 Å². The van der Waals surface area contributed by atoms with Crippen LogP contribution in [0.5, 0.6) is 0 Å². The largest absolute Gasteiger partial charge is 0.311 e. The fourth-order valence-electron chi connectivity index (χ4n) is 8.45. The Labute approximate surface area is 258 Å². The minimum absolute atomic E-state index is 0.215. The Balaban J connectivity index is 1.32. The average molecular weight is 577 g/mol. The van der Waals surface area contributed by atoms with Crippen molar-refractivity contribution in [3.63, 3.8) is 0 Å². The van der Waals surface area contributed by atoms with Crippen molar-refractivity contribution < 1.29 is 0 Å². The standard InChI is InChI=1S/C40H29BN2Si/c1-44(2)36-18-8-16-34-39(36)41-38-32(42(34)30-22-20-26-10-3-5-12-28(26)24-30)14-7-15-33(38)43(35-17-9-19-37(44)40(35)41)31-23-21-27-11-4-6-13-29(27)25-31/h3-25H,1-2H3. The normalized spacial score (nSPS) is 15.1. The van der Waals surface area contributed by atoms with E-state index in [9.17, 15) is 0 Å². The molecule has 4 heteroatoms. The summed E-state index contributed by atoms with van der Waals surface area (Å²) in [5.74, 6) is 0. The molecule has 0 spiro atoms. The van der Waals surface area contributed by atoms with Crippen LogP contribution >= 0.6 is 0 Å². The average Bonchev–Trinajstić information content (AvgIpc) is 3.06. The van der Waals surface area contributed by atoms with Gasteiger partial charge in [-0.15, -0.1) is 0 Å². The molecule has 0 aromatic heterocycles. The molecule has 0 N–H and O–H groups in total. The Kier molecular flexibility index (Phi) is 4.72. The molecular formula is C40H29BN2Si. The quantitative estimate of drug-likeness (QED) is 0.201. The van der Waals surface area contributed by atoms with Crippen molar-refractivity contribution in [2.24, 2.45) is 0 Å². The third kappa shape index (κ3) is 3.06. The first kappa shape index (κ1) is 24.4. The molecule has 7 aromatic carbocycles. The van der Waals surface area contributed by atoms with E-state index >= 15 is 0 Å². The SMILES string of the molecule is C[Si]1(C)c2cccc3c2B2c4c(cccc4N(c4ccc5ccccc5c4)c4cccc1c42)N3c1ccc2ccccc2c1. The lowest BCUT2D eigenvalue weighted by Gasteiger charge is -2.49. The van der Waals surface area contributed by atoms with E-state index in [2.05, 4.69) is 162 Å². The van der Waals surface area contributed by atoms with Crippen LogP contribution in [0.15, 0.2) is 140 Å². The Morgan fingerprint density at radius 1 is 0.409 bits per heavy atom. The van der Waals surface area contributed by atoms with Crippen LogP contribution in [0.25, 0.3) is 21.5 Å². The highest BCUT2D eigenvalue weighted by molar-refractivity contribution is 7.16. The zero-order chi connectivity index (χ0) is 29.2. The summed E-state index contributed by atoms with van der Waals surface area (Å²) in [6, 6.07) is 52.4. The summed E-state index contributed by atoms with van der Waals surface area (Å²) >= 11 is 0. The lowest BCUT2D eigenvalue weighted by molar-refractivity contribution is 1.26. The summed E-state index contributed by atoms with van der Waals surface area (Å²) in [5.41, 5.74) is 12.1. The lowest BCUT2D eigenvalue weighted by Crippen LogP contribution is -2.79. The number of benzene rings is 7. The van der Waals surface area contributed by atoms with Crippen LogP contribution in [-0.2, 0) is 0 Å². The molecule has 0 aliphatic carbocycles. The van der Waals surface area contributed by atoms with Gasteiger partial charge in [0.05, 0.1) is 0 Å². The molecule has 7 aromatic rings. The van der Waals surface area contributed by atoms with E-state index in [4.69, 9.17) is 0 Å². The van der Waals surface area contributed by atoms with E-state index in [1.165, 1.54) is 72.1 Å². The summed E-state index contributed by atoms with van der Waals surface area (Å²) < 4.78 is 0. The lowest BCUT2D eigenvalue weighted by atomic mass is 9.33. The van der Waals surface area contributed by atoms with Gasteiger partial charge < -0.3 is 9.80 Å². The Hall–Kier alpha value is -5.06. The number of hydrogen-bond acceptors (Lipinski definition) is 2. The van der Waals surface area contributed by atoms with Crippen LogP contribution in [-0.4, -0.2) is 14.8 Å². The predicted molar refractivity (Wildman–Crippen MR) is 192 cm³/mol. The Bertz CT molecular complexity index is 2200. The van der Waals surface area contributed by atoms with E-state index < -0.39 is 8.07 Å². The molecule has 0 radical (unpaired) electrons. The van der Waals surface area contributed by atoms with Gasteiger partial charge >= 0.3 is 0 Å². The first-order chi connectivity index (χ1) is 21.6. The molecule has 44 heavy (non-hydrogen) atoms. The van der Waals surface area contributed by atoms with Crippen molar-refractivity contribution in [3.8, 4) is 0 Å². The maximum absolute atomic E-state index is 2.55. The van der Waals surface area contributed by atoms with Gasteiger partial charge in [0.2, 0.25) is 0 Å². The Morgan fingerprint density at radius 3 is 1.30 bits per heavy atom. The second kappa shape index (κ2) is 8.52. The van der Waals surface area contributed by atoms with E-state index in [0.29, 0.717) is 0 Å². The number of fused-ring (bicyclic) bond motifs is 2. The molecule has 10 rings (SSSR count). The topological polar surface area (TPSA) is 6.48 Å². The van der Waals surface area contributed by atoms with E-state index in [0.717, 1.165) is 0 Å². The fraction of sp³-hybridized carbons (Fsp3) is 0.0500. The third-order valence-electron chi connectivity index (χ3n) is 10.4. The van der Waals surface area contributed by atoms with Gasteiger partial charge in [-0.1, -0.05) is 114 Å². The van der Waals surface area contributed by atoms with Gasteiger partial charge in [0.25, 0.3) is 6.71 Å². The second-order valence-electron chi connectivity index (χ2n) is 13.0. The van der Waals surface area contributed by atoms with Crippen LogP contribution in [0.2, 0.25) is 13.1 Å². The minimum atomic E-state index is -2.01. The third-order valence-corrected chi connectivity index (χ3v) is 14.0. The first-order valence-corrected chi connectivity index (χ1v) is 18.6. The molecular weight excluding hydrogens is 547 g/mol. The summed E-state index contributed by atoms with van der Waals surface area (Å²) in [6.07, 6.45) is 0. The number of rotatable bonds is 2. The molecule has 3 aliphatic rings. The highest BCUT2D eigenvalue weighted by Crippen LogP contribution is 2.45. The summed E-state index contributed by atoms with van der Waals surface area (Å²) in [5, 5.41) is 8.20. The van der Waals surface area contributed by atoms with Crippen molar-refractivity contribution >= 4 is 97.2 Å². The smallest absolute Gasteiger partial charge is 0.251 e. The van der Waals surface area contributed by atoms with Crippen LogP contribution in [0.3, 0.4) is 0 Å². The van der Waals surface area contributed by atoms with Gasteiger partial charge in [-0.2, -0.15) is 0 Å². The maximum atomic E-state index is 2.55. The summed E-state index contributed by atoms with van der Waals surface area (Å²) in [7, 11) is -2.01. The molecule has 3 heterocycles. The number of anilines is 6. The van der Waals surface area contributed by atoms with E-state index in [1.807, 2.05) is 0 Å². The van der Waals surface area contributed by atoms with Crippen LogP contribution in [0, 0.1) is 0 Å². The van der Waals surface area contributed by atoms with Crippen LogP contribution in [0.1, 0.15) is 0 Å². The molecule has 3 aliphatic heterocycles. The van der Waals surface area contributed by atoms with Crippen LogP contribution in [0.4, 0.5) is 34.1 Å². The van der Waals surface area contributed by atoms with Crippen molar-refractivity contribution in [1.82, 2.24) is 0 Å². The highest BCUT2D eigenvalue weighted by Gasteiger charge is 2.51. The first-order valence-electron chi connectivity index (χ1n) is 15.6. The molecule has 0 unspecified atom stereocenters. The van der Waals surface area contributed by atoms with Gasteiger partial charge in [0.1, 0.15) is 8.07 Å². The maximum Gasteiger partial charge on any atom is 0.251 e. The molecule has 0 saturated heterocycles. The molecule has 0 amide bonds. The zero-order valence-electron chi connectivity index (χ0n) is 24.8. The van der Waals surface area contributed by atoms with Gasteiger partial charge in [-0.05, 0) is 86.5 Å². The number of nitrogens with zero attached hydrogens (tertiary/aromatic N) is 2. The summed E-state index contributed by atoms with van der Waals surface area (Å²) in [6.45, 7) is 5.31. The van der Waals surface area contributed by atoms with Gasteiger partial charge in [0, 0.05) is 34.1 Å². The minimum Gasteiger partial charge on any atom is -0.311 e. The number of hydrogen-bond donors (Lipinski definition) is 0. The highest BCUT2D eigenvalue weighted by atomic mass is 28.3. The van der Waals surface area contributed by atoms with Crippen LogP contribution < -0.4 is 36.6 Å². The van der Waals surface area contributed by atoms with E-state index in [1.54, 1.807) is 10.4 Å². The second-order valence-corrected chi connectivity index (χ2v) is 17.3. The molecule has 0 fully saturated rings. The molecule has 0 atom stereocenters. The van der Waals surface area contributed by atoms with Crippen molar-refractivity contribution in [1.29, 1.82) is 0 Å². The molecule has 0 saturated carbocycles. The monoisotopic (exact) mass is 576 g/mol. The zero-order valence-corrected chi connectivity index (χ0v) is 25.8. The van der Waals surface area contributed by atoms with Gasteiger partial charge in [-0.25, -0.2) is 0 Å². The predicted octanol–water partition coefficient (Wildman–Crippen LogP) is 7.21. The van der Waals surface area contributed by atoms with Crippen molar-refractivity contribution in [3.05, 3.63) is 140 Å². The fourth-order valence-corrected chi connectivity index (χ4v) is 11.7. The van der Waals surface area contributed by atoms with Gasteiger partial charge in [-0.3, -0.25) is 0 Å². The summed E-state index contributed by atoms with van der Waals surface area (Å²) in [4.78, 5) is 5.09. The Morgan fingerprint density at radius 2 is 0.818 bits per heavy atom. The van der Waals surface area contributed by atoms with Crippen molar-refractivity contribution in [2.45, 2.75) is 13.1 Å². The molecule has 0 bridgehead atoms. The van der Waals surface area contributed by atoms with Gasteiger partial charge in [0.15, 0.2) is 0 Å². The van der Waals surface area contributed by atoms with Crippen molar-refractivity contribution in [2.75, 3.05) is 9.80 Å².